The maximum absolute atomic E-state index is 6.61. The summed E-state index contributed by atoms with van der Waals surface area (Å²) in [6.07, 6.45) is 6.24. The second-order valence-electron chi connectivity index (χ2n) is 6.71. The summed E-state index contributed by atoms with van der Waals surface area (Å²) in [5.41, 5.74) is 7.90. The molecule has 2 rings (SSSR count). The topological polar surface area (TPSA) is 53.1 Å². The first-order valence-electron chi connectivity index (χ1n) is 7.85. The number of aromatic nitrogens is 2. The van der Waals surface area contributed by atoms with Crippen LogP contribution < -0.4 is 5.73 Å². The molecule has 1 aliphatic carbocycles. The first kappa shape index (κ1) is 15.5. The third-order valence-corrected chi connectivity index (χ3v) is 4.82. The Morgan fingerprint density at radius 3 is 2.50 bits per heavy atom. The van der Waals surface area contributed by atoms with Gasteiger partial charge in [-0.15, -0.1) is 0 Å². The maximum Gasteiger partial charge on any atom is 0.0889 e. The van der Waals surface area contributed by atoms with Gasteiger partial charge in [0.05, 0.1) is 17.3 Å². The molecule has 0 bridgehead atoms. The first-order valence-corrected chi connectivity index (χ1v) is 7.85. The van der Waals surface area contributed by atoms with Crippen LogP contribution in [0.4, 0.5) is 0 Å². The van der Waals surface area contributed by atoms with Gasteiger partial charge in [0, 0.05) is 19.3 Å². The fraction of sp³-hybridized carbons (Fsp3) is 0.812. The Labute approximate surface area is 122 Å². The van der Waals surface area contributed by atoms with E-state index in [4.69, 9.17) is 10.5 Å². The van der Waals surface area contributed by atoms with Gasteiger partial charge in [-0.2, -0.15) is 5.10 Å². The fourth-order valence-corrected chi connectivity index (χ4v) is 3.32. The number of hydrogen-bond donors (Lipinski definition) is 1. The SMILES string of the molecule is CCOC1(C(N)c2ccnn2CC)CCC(C)(C)CC1. The van der Waals surface area contributed by atoms with Gasteiger partial charge in [0.1, 0.15) is 0 Å². The quantitative estimate of drug-likeness (QED) is 0.900. The molecule has 1 unspecified atom stereocenters. The van der Waals surface area contributed by atoms with E-state index < -0.39 is 0 Å². The summed E-state index contributed by atoms with van der Waals surface area (Å²) in [5, 5.41) is 4.35. The van der Waals surface area contributed by atoms with E-state index in [0.717, 1.165) is 25.1 Å². The van der Waals surface area contributed by atoms with Gasteiger partial charge >= 0.3 is 0 Å². The second kappa shape index (κ2) is 5.86. The average molecular weight is 279 g/mol. The van der Waals surface area contributed by atoms with Crippen LogP contribution in [0.5, 0.6) is 0 Å². The molecule has 114 valence electrons. The smallest absolute Gasteiger partial charge is 0.0889 e. The molecule has 2 N–H and O–H groups in total. The molecule has 0 radical (unpaired) electrons. The molecule has 0 amide bonds. The van der Waals surface area contributed by atoms with Crippen LogP contribution in [0.2, 0.25) is 0 Å². The van der Waals surface area contributed by atoms with E-state index in [9.17, 15) is 0 Å². The molecule has 1 saturated carbocycles. The molecule has 1 aromatic rings. The van der Waals surface area contributed by atoms with Gasteiger partial charge in [0.2, 0.25) is 0 Å². The molecule has 1 atom stereocenters. The van der Waals surface area contributed by atoms with E-state index in [-0.39, 0.29) is 11.6 Å². The summed E-state index contributed by atoms with van der Waals surface area (Å²) < 4.78 is 8.17. The summed E-state index contributed by atoms with van der Waals surface area (Å²) in [6, 6.07) is 1.94. The Morgan fingerprint density at radius 1 is 1.30 bits per heavy atom. The highest BCUT2D eigenvalue weighted by atomic mass is 16.5. The van der Waals surface area contributed by atoms with Crippen molar-refractivity contribution in [3.05, 3.63) is 18.0 Å². The molecule has 1 aromatic heterocycles. The van der Waals surface area contributed by atoms with Crippen LogP contribution in [0.25, 0.3) is 0 Å². The highest BCUT2D eigenvalue weighted by Crippen LogP contribution is 2.46. The summed E-state index contributed by atoms with van der Waals surface area (Å²) in [4.78, 5) is 0. The highest BCUT2D eigenvalue weighted by molar-refractivity contribution is 5.14. The Kier molecular flexibility index (Phi) is 4.55. The van der Waals surface area contributed by atoms with Crippen LogP contribution in [0.3, 0.4) is 0 Å². The van der Waals surface area contributed by atoms with Crippen LogP contribution in [0.15, 0.2) is 12.3 Å². The van der Waals surface area contributed by atoms with Crippen molar-refractivity contribution in [2.75, 3.05) is 6.61 Å². The molecular formula is C16H29N3O. The number of nitrogens with zero attached hydrogens (tertiary/aromatic N) is 2. The molecule has 1 aliphatic rings. The molecular weight excluding hydrogens is 250 g/mol. The molecule has 1 fully saturated rings. The van der Waals surface area contributed by atoms with Crippen LogP contribution in [-0.2, 0) is 11.3 Å². The van der Waals surface area contributed by atoms with Gasteiger partial charge in [-0.3, -0.25) is 4.68 Å². The Hall–Kier alpha value is -0.870. The summed E-state index contributed by atoms with van der Waals surface area (Å²) >= 11 is 0. The van der Waals surface area contributed by atoms with Crippen LogP contribution in [-0.4, -0.2) is 22.0 Å². The molecule has 0 aromatic carbocycles. The lowest BCUT2D eigenvalue weighted by atomic mass is 9.68. The zero-order valence-corrected chi connectivity index (χ0v) is 13.4. The molecule has 20 heavy (non-hydrogen) atoms. The van der Waals surface area contributed by atoms with Gasteiger partial charge in [-0.25, -0.2) is 0 Å². The monoisotopic (exact) mass is 279 g/mol. The standard InChI is InChI=1S/C16H29N3O/c1-5-19-13(7-12-18-19)14(17)16(20-6-2)10-8-15(3,4)9-11-16/h7,12,14H,5-6,8-11,17H2,1-4H3. The third-order valence-electron chi connectivity index (χ3n) is 4.82. The van der Waals surface area contributed by atoms with Crippen molar-refractivity contribution in [2.45, 2.75) is 71.6 Å². The van der Waals surface area contributed by atoms with Gasteiger partial charge in [-0.1, -0.05) is 13.8 Å². The minimum Gasteiger partial charge on any atom is -0.373 e. The molecule has 0 spiro atoms. The molecule has 0 aliphatic heterocycles. The van der Waals surface area contributed by atoms with Crippen molar-refractivity contribution in [1.29, 1.82) is 0 Å². The minimum absolute atomic E-state index is 0.0963. The molecule has 0 saturated heterocycles. The van der Waals surface area contributed by atoms with Crippen molar-refractivity contribution in [1.82, 2.24) is 9.78 Å². The van der Waals surface area contributed by atoms with Crippen molar-refractivity contribution in [3.8, 4) is 0 Å². The predicted octanol–water partition coefficient (Wildman–Crippen LogP) is 3.28. The maximum atomic E-state index is 6.61. The lowest BCUT2D eigenvalue weighted by Gasteiger charge is -2.46. The first-order chi connectivity index (χ1) is 9.44. The van der Waals surface area contributed by atoms with Crippen LogP contribution >= 0.6 is 0 Å². The van der Waals surface area contributed by atoms with E-state index in [1.54, 1.807) is 0 Å². The lowest BCUT2D eigenvalue weighted by Crippen LogP contribution is -2.48. The number of hydrogen-bond acceptors (Lipinski definition) is 3. The largest absolute Gasteiger partial charge is 0.373 e. The van der Waals surface area contributed by atoms with Crippen molar-refractivity contribution in [2.24, 2.45) is 11.1 Å². The Bertz CT molecular complexity index is 429. The molecule has 4 heteroatoms. The zero-order chi connectivity index (χ0) is 14.8. The van der Waals surface area contributed by atoms with Crippen molar-refractivity contribution < 1.29 is 4.74 Å². The normalized spacial score (nSPS) is 22.6. The average Bonchev–Trinajstić information content (AvgIpc) is 2.89. The van der Waals surface area contributed by atoms with E-state index in [0.29, 0.717) is 12.0 Å². The second-order valence-corrected chi connectivity index (χ2v) is 6.71. The Morgan fingerprint density at radius 2 is 1.95 bits per heavy atom. The van der Waals surface area contributed by atoms with Gasteiger partial charge in [0.15, 0.2) is 0 Å². The summed E-state index contributed by atoms with van der Waals surface area (Å²) in [5.74, 6) is 0. The molecule has 1 heterocycles. The summed E-state index contributed by atoms with van der Waals surface area (Å²) in [7, 11) is 0. The Balaban J connectivity index is 2.24. The summed E-state index contributed by atoms with van der Waals surface area (Å²) in [6.45, 7) is 10.4. The van der Waals surface area contributed by atoms with E-state index >= 15 is 0 Å². The number of aryl methyl sites for hydroxylation is 1. The predicted molar refractivity (Wildman–Crippen MR) is 81.4 cm³/mol. The van der Waals surface area contributed by atoms with Crippen molar-refractivity contribution in [3.63, 3.8) is 0 Å². The minimum atomic E-state index is -0.225. The van der Waals surface area contributed by atoms with Gasteiger partial charge < -0.3 is 10.5 Å². The third kappa shape index (κ3) is 2.91. The van der Waals surface area contributed by atoms with Crippen molar-refractivity contribution >= 4 is 0 Å². The van der Waals surface area contributed by atoms with Gasteiger partial charge in [0.25, 0.3) is 0 Å². The van der Waals surface area contributed by atoms with Gasteiger partial charge in [-0.05, 0) is 51.0 Å². The van der Waals surface area contributed by atoms with E-state index in [1.165, 1.54) is 12.8 Å². The molecule has 4 nitrogen and oxygen atoms in total. The number of ether oxygens (including phenoxy) is 1. The lowest BCUT2D eigenvalue weighted by molar-refractivity contribution is -0.101. The van der Waals surface area contributed by atoms with Crippen LogP contribution in [0, 0.1) is 5.41 Å². The fourth-order valence-electron chi connectivity index (χ4n) is 3.32. The highest BCUT2D eigenvalue weighted by Gasteiger charge is 2.44. The number of rotatable bonds is 5. The van der Waals surface area contributed by atoms with E-state index in [2.05, 4.69) is 32.8 Å². The van der Waals surface area contributed by atoms with E-state index in [1.807, 2.05) is 16.9 Å². The number of nitrogens with two attached hydrogens (primary N) is 1. The zero-order valence-electron chi connectivity index (χ0n) is 13.4. The van der Waals surface area contributed by atoms with Crippen LogP contribution in [0.1, 0.15) is 65.1 Å².